The smallest absolute Gasteiger partial charge is 0.230 e. The summed E-state index contributed by atoms with van der Waals surface area (Å²) < 4.78 is 1.52. The van der Waals surface area contributed by atoms with Gasteiger partial charge in [0.05, 0.1) is 11.5 Å². The molecule has 3 rings (SSSR count). The van der Waals surface area contributed by atoms with Gasteiger partial charge >= 0.3 is 0 Å². The predicted molar refractivity (Wildman–Crippen MR) is 130 cm³/mol. The van der Waals surface area contributed by atoms with Gasteiger partial charge in [-0.15, -0.1) is 10.2 Å². The van der Waals surface area contributed by atoms with Crippen LogP contribution in [0.5, 0.6) is 0 Å². The zero-order valence-electron chi connectivity index (χ0n) is 18.0. The summed E-state index contributed by atoms with van der Waals surface area (Å²) in [7, 11) is 0. The third-order valence-electron chi connectivity index (χ3n) is 5.35. The van der Waals surface area contributed by atoms with E-state index in [2.05, 4.69) is 33.0 Å². The normalized spacial score (nSPS) is 16.4. The van der Waals surface area contributed by atoms with Crippen LogP contribution < -0.4 is 10.6 Å². The highest BCUT2D eigenvalue weighted by Crippen LogP contribution is 2.28. The van der Waals surface area contributed by atoms with Crippen LogP contribution in [-0.4, -0.2) is 46.6 Å². The number of amides is 2. The molecule has 0 aromatic carbocycles. The molecule has 2 aliphatic carbocycles. The highest BCUT2D eigenvalue weighted by Gasteiger charge is 2.11. The number of rotatable bonds is 12. The lowest BCUT2D eigenvalue weighted by molar-refractivity contribution is -0.119. The first-order valence-electron chi connectivity index (χ1n) is 11.2. The molecule has 1 aromatic rings. The van der Waals surface area contributed by atoms with Crippen LogP contribution in [0.4, 0.5) is 0 Å². The molecule has 170 valence electrons. The van der Waals surface area contributed by atoms with Crippen LogP contribution >= 0.6 is 34.9 Å². The summed E-state index contributed by atoms with van der Waals surface area (Å²) in [4.78, 5) is 24.1. The fraction of sp³-hybridized carbons (Fsp3) is 0.636. The van der Waals surface area contributed by atoms with E-state index in [0.717, 1.165) is 21.5 Å². The Morgan fingerprint density at radius 3 is 1.71 bits per heavy atom. The lowest BCUT2D eigenvalue weighted by atomic mass is 9.97. The maximum absolute atomic E-state index is 12.0. The predicted octanol–water partition coefficient (Wildman–Crippen LogP) is 4.74. The second-order valence-electron chi connectivity index (χ2n) is 7.83. The second-order valence-corrected chi connectivity index (χ2v) is 11.2. The molecule has 2 N–H and O–H groups in total. The Morgan fingerprint density at radius 2 is 1.29 bits per heavy atom. The first-order chi connectivity index (χ1) is 15.2. The number of aromatic nitrogens is 2. The summed E-state index contributed by atoms with van der Waals surface area (Å²) in [6, 6.07) is 0. The van der Waals surface area contributed by atoms with Crippen molar-refractivity contribution in [1.82, 2.24) is 20.8 Å². The summed E-state index contributed by atoms with van der Waals surface area (Å²) in [5.74, 6) is 0.736. The fourth-order valence-corrected chi connectivity index (χ4v) is 6.34. The van der Waals surface area contributed by atoms with Crippen LogP contribution in [0.15, 0.2) is 32.0 Å². The molecule has 1 heterocycles. The van der Waals surface area contributed by atoms with Gasteiger partial charge in [-0.3, -0.25) is 9.59 Å². The van der Waals surface area contributed by atoms with E-state index >= 15 is 0 Å². The van der Waals surface area contributed by atoms with E-state index in [1.807, 2.05) is 0 Å². The van der Waals surface area contributed by atoms with Gasteiger partial charge in [-0.25, -0.2) is 0 Å². The average molecular weight is 481 g/mol. The molecule has 0 atom stereocenters. The molecule has 2 aliphatic rings. The molecule has 9 heteroatoms. The third-order valence-corrected chi connectivity index (χ3v) is 8.54. The van der Waals surface area contributed by atoms with Crippen molar-refractivity contribution in [3.05, 3.63) is 23.3 Å². The Hall–Kier alpha value is -1.32. The standard InChI is InChI=1S/C22H32N4O2S3/c27-19(23-13-11-17-7-3-1-4-8-17)15-29-21-25-26-22(31-21)30-16-20(28)24-14-12-18-9-5-2-6-10-18/h7,9H,1-6,8,10-16H2,(H,23,27)(H,24,28). The van der Waals surface area contributed by atoms with Crippen LogP contribution in [0.2, 0.25) is 0 Å². The summed E-state index contributed by atoms with van der Waals surface area (Å²) in [6.45, 7) is 1.41. The monoisotopic (exact) mass is 480 g/mol. The number of carbonyl (C=O) groups is 2. The van der Waals surface area contributed by atoms with Gasteiger partial charge in [-0.05, 0) is 64.2 Å². The van der Waals surface area contributed by atoms with Crippen LogP contribution in [0, 0.1) is 0 Å². The Balaban J connectivity index is 1.25. The summed E-state index contributed by atoms with van der Waals surface area (Å²) in [5.41, 5.74) is 2.94. The molecule has 0 radical (unpaired) electrons. The number of carbonyl (C=O) groups excluding carboxylic acids is 2. The van der Waals surface area contributed by atoms with Crippen molar-refractivity contribution in [3.8, 4) is 0 Å². The van der Waals surface area contributed by atoms with Crippen molar-refractivity contribution >= 4 is 46.7 Å². The van der Waals surface area contributed by atoms with Gasteiger partial charge < -0.3 is 10.6 Å². The van der Waals surface area contributed by atoms with Gasteiger partial charge in [0.1, 0.15) is 0 Å². The van der Waals surface area contributed by atoms with E-state index < -0.39 is 0 Å². The van der Waals surface area contributed by atoms with Crippen molar-refractivity contribution in [1.29, 1.82) is 0 Å². The number of hydrogen-bond acceptors (Lipinski definition) is 7. The molecule has 2 amide bonds. The summed E-state index contributed by atoms with van der Waals surface area (Å²) in [6.07, 6.45) is 16.4. The van der Waals surface area contributed by atoms with Gasteiger partial charge in [0.2, 0.25) is 11.8 Å². The second kappa shape index (κ2) is 14.0. The first kappa shape index (κ1) is 24.3. The first-order valence-corrected chi connectivity index (χ1v) is 14.0. The summed E-state index contributed by atoms with van der Waals surface area (Å²) >= 11 is 4.23. The van der Waals surface area contributed by atoms with Gasteiger partial charge in [0.25, 0.3) is 0 Å². The van der Waals surface area contributed by atoms with Crippen LogP contribution in [0.25, 0.3) is 0 Å². The van der Waals surface area contributed by atoms with Gasteiger partial charge in [0, 0.05) is 13.1 Å². The maximum Gasteiger partial charge on any atom is 0.230 e. The van der Waals surface area contributed by atoms with Crippen LogP contribution in [0.1, 0.15) is 64.2 Å². The molecule has 0 fully saturated rings. The molecule has 0 bridgehead atoms. The largest absolute Gasteiger partial charge is 0.355 e. The molecule has 0 aliphatic heterocycles. The number of nitrogens with one attached hydrogen (secondary N) is 2. The fourth-order valence-electron chi connectivity index (χ4n) is 3.66. The molecule has 0 saturated heterocycles. The Kier molecular flexibility index (Phi) is 11.0. The van der Waals surface area contributed by atoms with Gasteiger partial charge in [-0.2, -0.15) is 0 Å². The van der Waals surface area contributed by atoms with Crippen molar-refractivity contribution < 1.29 is 9.59 Å². The van der Waals surface area contributed by atoms with Crippen molar-refractivity contribution in [2.45, 2.75) is 72.9 Å². The number of allylic oxidation sites excluding steroid dienone is 2. The Labute approximate surface area is 197 Å². The SMILES string of the molecule is O=C(CSc1nnc(SCC(=O)NCCC2=CCCCC2)s1)NCCC1=CCCCC1. The highest BCUT2D eigenvalue weighted by molar-refractivity contribution is 8.03. The van der Waals surface area contributed by atoms with E-state index in [1.54, 1.807) is 0 Å². The number of thioether (sulfide) groups is 2. The number of hydrogen-bond donors (Lipinski definition) is 2. The highest BCUT2D eigenvalue weighted by atomic mass is 32.2. The zero-order valence-corrected chi connectivity index (χ0v) is 20.4. The lowest BCUT2D eigenvalue weighted by Crippen LogP contribution is -2.26. The van der Waals surface area contributed by atoms with Crippen LogP contribution in [0.3, 0.4) is 0 Å². The molecular formula is C22H32N4O2S3. The molecular weight excluding hydrogens is 448 g/mol. The molecule has 1 aromatic heterocycles. The van der Waals surface area contributed by atoms with E-state index in [0.29, 0.717) is 24.6 Å². The quantitative estimate of drug-likeness (QED) is 0.332. The van der Waals surface area contributed by atoms with E-state index in [9.17, 15) is 9.59 Å². The van der Waals surface area contributed by atoms with Crippen molar-refractivity contribution in [3.63, 3.8) is 0 Å². The average Bonchev–Trinajstić information content (AvgIpc) is 3.26. The zero-order chi connectivity index (χ0) is 21.7. The number of nitrogens with zero attached hydrogens (tertiary/aromatic N) is 2. The van der Waals surface area contributed by atoms with Crippen molar-refractivity contribution in [2.24, 2.45) is 0 Å². The maximum atomic E-state index is 12.0. The Bertz CT molecular complexity index is 729. The molecule has 0 unspecified atom stereocenters. The van der Waals surface area contributed by atoms with E-state index in [4.69, 9.17) is 0 Å². The molecule has 31 heavy (non-hydrogen) atoms. The third kappa shape index (κ3) is 9.78. The minimum atomic E-state index is 0.0262. The minimum absolute atomic E-state index is 0.0262. The van der Waals surface area contributed by atoms with Gasteiger partial charge in [-0.1, -0.05) is 58.2 Å². The molecule has 0 saturated carbocycles. The van der Waals surface area contributed by atoms with Crippen LogP contribution in [-0.2, 0) is 9.59 Å². The minimum Gasteiger partial charge on any atom is -0.355 e. The lowest BCUT2D eigenvalue weighted by Gasteiger charge is -2.12. The van der Waals surface area contributed by atoms with E-state index in [-0.39, 0.29) is 11.8 Å². The van der Waals surface area contributed by atoms with E-state index in [1.165, 1.54) is 97.4 Å². The molecule has 0 spiro atoms. The van der Waals surface area contributed by atoms with Gasteiger partial charge in [0.15, 0.2) is 8.68 Å². The summed E-state index contributed by atoms with van der Waals surface area (Å²) in [5, 5.41) is 14.2. The topological polar surface area (TPSA) is 84.0 Å². The molecule has 6 nitrogen and oxygen atoms in total. The van der Waals surface area contributed by atoms with Crippen molar-refractivity contribution in [2.75, 3.05) is 24.6 Å². The Morgan fingerprint density at radius 1 is 0.806 bits per heavy atom.